The van der Waals surface area contributed by atoms with Crippen LogP contribution in [0.15, 0.2) is 91.3 Å². The first kappa shape index (κ1) is 22.0. The number of carbonyl (C=O) groups is 1. The first-order chi connectivity index (χ1) is 17.6. The highest BCUT2D eigenvalue weighted by atomic mass is 19.1. The van der Waals surface area contributed by atoms with Gasteiger partial charge in [0.05, 0.1) is 17.6 Å². The van der Waals surface area contributed by atoms with Crippen LogP contribution in [-0.2, 0) is 6.54 Å². The van der Waals surface area contributed by atoms with Crippen molar-refractivity contribution in [2.24, 2.45) is 0 Å². The summed E-state index contributed by atoms with van der Waals surface area (Å²) in [5, 5.41) is 6.40. The largest absolute Gasteiger partial charge is 0.363 e. The molecule has 1 amide bonds. The monoisotopic (exact) mass is 477 g/mol. The lowest BCUT2D eigenvalue weighted by molar-refractivity contribution is 0.0951. The first-order valence-corrected chi connectivity index (χ1v) is 12.0. The maximum absolute atomic E-state index is 13.3. The third-order valence-electron chi connectivity index (χ3n) is 6.29. The van der Waals surface area contributed by atoms with Crippen LogP contribution in [0.1, 0.15) is 28.8 Å². The molecule has 0 unspecified atom stereocenters. The Morgan fingerprint density at radius 2 is 1.69 bits per heavy atom. The zero-order valence-corrected chi connectivity index (χ0v) is 19.5. The molecule has 1 aliphatic carbocycles. The Balaban J connectivity index is 1.37. The van der Waals surface area contributed by atoms with Gasteiger partial charge in [-0.2, -0.15) is 0 Å². The minimum atomic E-state index is -0.265. The molecule has 2 heterocycles. The van der Waals surface area contributed by atoms with Gasteiger partial charge >= 0.3 is 0 Å². The lowest BCUT2D eigenvalue weighted by Crippen LogP contribution is -2.25. The Bertz CT molecular complexity index is 1520. The second-order valence-corrected chi connectivity index (χ2v) is 8.98. The van der Waals surface area contributed by atoms with E-state index in [4.69, 9.17) is 4.98 Å². The van der Waals surface area contributed by atoms with Crippen LogP contribution in [0.3, 0.4) is 0 Å². The van der Waals surface area contributed by atoms with Gasteiger partial charge in [0.15, 0.2) is 11.5 Å². The fourth-order valence-electron chi connectivity index (χ4n) is 4.15. The number of anilines is 1. The summed E-state index contributed by atoms with van der Waals surface area (Å²) in [6.45, 7) is 0.480. The van der Waals surface area contributed by atoms with Crippen LogP contribution in [0.5, 0.6) is 0 Å². The highest BCUT2D eigenvalue weighted by Crippen LogP contribution is 2.28. The summed E-state index contributed by atoms with van der Waals surface area (Å²) in [5.74, 6) is 0.330. The van der Waals surface area contributed by atoms with E-state index in [-0.39, 0.29) is 11.7 Å². The van der Waals surface area contributed by atoms with E-state index in [0.29, 0.717) is 29.6 Å². The number of nitrogens with zero attached hydrogens (tertiary/aromatic N) is 3. The number of aromatic nitrogens is 3. The zero-order valence-electron chi connectivity index (χ0n) is 19.5. The number of imidazole rings is 1. The van der Waals surface area contributed by atoms with Crippen molar-refractivity contribution >= 4 is 17.4 Å². The van der Waals surface area contributed by atoms with Crippen LogP contribution < -0.4 is 10.6 Å². The SMILES string of the molecule is O=C(NC1CC1)c1ccc(-c2cnc3c(NCc4ccc(F)cc4)nc(-c4ccccc4)cn23)cc1. The van der Waals surface area contributed by atoms with Crippen molar-refractivity contribution in [3.63, 3.8) is 0 Å². The number of hydrogen-bond acceptors (Lipinski definition) is 4. The van der Waals surface area contributed by atoms with Gasteiger partial charge in [-0.1, -0.05) is 54.6 Å². The number of halogens is 1. The summed E-state index contributed by atoms with van der Waals surface area (Å²) in [6, 6.07) is 24.3. The van der Waals surface area contributed by atoms with E-state index in [0.717, 1.165) is 40.9 Å². The third-order valence-corrected chi connectivity index (χ3v) is 6.29. The molecule has 1 saturated carbocycles. The molecule has 0 saturated heterocycles. The predicted molar refractivity (Wildman–Crippen MR) is 138 cm³/mol. The van der Waals surface area contributed by atoms with E-state index in [1.807, 2.05) is 71.4 Å². The molecule has 178 valence electrons. The van der Waals surface area contributed by atoms with Crippen molar-refractivity contribution < 1.29 is 9.18 Å². The van der Waals surface area contributed by atoms with Crippen LogP contribution in [0.4, 0.5) is 10.2 Å². The molecule has 6 nitrogen and oxygen atoms in total. The van der Waals surface area contributed by atoms with Crippen molar-refractivity contribution in [3.8, 4) is 22.5 Å². The predicted octanol–water partition coefficient (Wildman–Crippen LogP) is 5.71. The number of amides is 1. The Labute approximate surface area is 207 Å². The topological polar surface area (TPSA) is 71.3 Å². The van der Waals surface area contributed by atoms with Crippen LogP contribution in [0, 0.1) is 5.82 Å². The number of benzene rings is 3. The number of nitrogens with one attached hydrogen (secondary N) is 2. The molecule has 2 N–H and O–H groups in total. The van der Waals surface area contributed by atoms with Crippen LogP contribution in [-0.4, -0.2) is 26.3 Å². The minimum Gasteiger partial charge on any atom is -0.363 e. The quantitative estimate of drug-likeness (QED) is 0.315. The highest BCUT2D eigenvalue weighted by molar-refractivity contribution is 5.95. The molecule has 6 rings (SSSR count). The summed E-state index contributed by atoms with van der Waals surface area (Å²) >= 11 is 0. The molecule has 1 aliphatic rings. The van der Waals surface area contributed by atoms with E-state index in [2.05, 4.69) is 15.6 Å². The second-order valence-electron chi connectivity index (χ2n) is 8.98. The van der Waals surface area contributed by atoms with Gasteiger partial charge < -0.3 is 10.6 Å². The standard InChI is InChI=1S/C29H24FN5O/c30-23-12-6-19(7-13-23)16-31-27-28-32-17-26(35(28)18-25(34-27)20-4-2-1-3-5-20)21-8-10-22(11-9-21)29(36)33-24-14-15-24/h1-13,17-18,24H,14-16H2,(H,31,34)(H,33,36). The normalized spacial score (nSPS) is 13.0. The Kier molecular flexibility index (Phi) is 5.65. The van der Waals surface area contributed by atoms with Crippen molar-refractivity contribution in [2.45, 2.75) is 25.4 Å². The molecule has 0 bridgehead atoms. The highest BCUT2D eigenvalue weighted by Gasteiger charge is 2.23. The molecule has 0 atom stereocenters. The zero-order chi connectivity index (χ0) is 24.5. The lowest BCUT2D eigenvalue weighted by atomic mass is 10.1. The molecule has 5 aromatic rings. The molecule has 0 spiro atoms. The van der Waals surface area contributed by atoms with Crippen LogP contribution in [0.25, 0.3) is 28.2 Å². The molecular formula is C29H24FN5O. The van der Waals surface area contributed by atoms with Crippen LogP contribution >= 0.6 is 0 Å². The van der Waals surface area contributed by atoms with Gasteiger partial charge in [-0.3, -0.25) is 9.20 Å². The molecule has 7 heteroatoms. The first-order valence-electron chi connectivity index (χ1n) is 12.0. The van der Waals surface area contributed by atoms with Crippen molar-refractivity contribution in [1.82, 2.24) is 19.7 Å². The maximum atomic E-state index is 13.3. The lowest BCUT2D eigenvalue weighted by Gasteiger charge is -2.12. The van der Waals surface area contributed by atoms with Crippen molar-refractivity contribution in [3.05, 3.63) is 108 Å². The maximum Gasteiger partial charge on any atom is 0.251 e. The smallest absolute Gasteiger partial charge is 0.251 e. The summed E-state index contributed by atoms with van der Waals surface area (Å²) in [4.78, 5) is 21.9. The number of hydrogen-bond donors (Lipinski definition) is 2. The third kappa shape index (κ3) is 4.55. The minimum absolute atomic E-state index is 0.0370. The molecule has 2 aromatic heterocycles. The Hall–Kier alpha value is -4.52. The molecular weight excluding hydrogens is 453 g/mol. The van der Waals surface area contributed by atoms with E-state index >= 15 is 0 Å². The number of fused-ring (bicyclic) bond motifs is 1. The van der Waals surface area contributed by atoms with E-state index in [9.17, 15) is 9.18 Å². The van der Waals surface area contributed by atoms with Gasteiger partial charge in [0.25, 0.3) is 5.91 Å². The van der Waals surface area contributed by atoms with Gasteiger partial charge in [0.1, 0.15) is 5.82 Å². The van der Waals surface area contributed by atoms with Gasteiger partial charge in [0, 0.05) is 35.5 Å². The summed E-state index contributed by atoms with van der Waals surface area (Å²) in [5.41, 5.74) is 5.88. The molecule has 0 radical (unpaired) electrons. The van der Waals surface area contributed by atoms with E-state index in [1.54, 1.807) is 12.1 Å². The van der Waals surface area contributed by atoms with Gasteiger partial charge in [-0.15, -0.1) is 0 Å². The average molecular weight is 478 g/mol. The molecule has 3 aromatic carbocycles. The number of carbonyl (C=O) groups excluding carboxylic acids is 1. The van der Waals surface area contributed by atoms with Gasteiger partial charge in [-0.25, -0.2) is 14.4 Å². The summed E-state index contributed by atoms with van der Waals surface area (Å²) in [6.07, 6.45) is 5.90. The van der Waals surface area contributed by atoms with Gasteiger partial charge in [-0.05, 0) is 42.7 Å². The Morgan fingerprint density at radius 1 is 0.944 bits per heavy atom. The molecule has 0 aliphatic heterocycles. The molecule has 36 heavy (non-hydrogen) atoms. The second kappa shape index (κ2) is 9.26. The average Bonchev–Trinajstić information content (AvgIpc) is 3.63. The summed E-state index contributed by atoms with van der Waals surface area (Å²) in [7, 11) is 0. The van der Waals surface area contributed by atoms with Crippen molar-refractivity contribution in [2.75, 3.05) is 5.32 Å². The van der Waals surface area contributed by atoms with E-state index < -0.39 is 0 Å². The van der Waals surface area contributed by atoms with E-state index in [1.165, 1.54) is 12.1 Å². The fraction of sp³-hybridized carbons (Fsp3) is 0.138. The Morgan fingerprint density at radius 3 is 2.42 bits per heavy atom. The van der Waals surface area contributed by atoms with Crippen molar-refractivity contribution in [1.29, 1.82) is 0 Å². The van der Waals surface area contributed by atoms with Crippen LogP contribution in [0.2, 0.25) is 0 Å². The number of rotatable bonds is 7. The fourth-order valence-corrected chi connectivity index (χ4v) is 4.15. The summed E-state index contributed by atoms with van der Waals surface area (Å²) < 4.78 is 15.3. The molecule has 1 fully saturated rings. The van der Waals surface area contributed by atoms with Gasteiger partial charge in [0.2, 0.25) is 0 Å².